The molecule has 0 spiro atoms. The van der Waals surface area contributed by atoms with E-state index in [2.05, 4.69) is 27.7 Å². The van der Waals surface area contributed by atoms with Gasteiger partial charge in [-0.15, -0.1) is 0 Å². The van der Waals surface area contributed by atoms with Gasteiger partial charge in [-0.1, -0.05) is 72.6 Å². The smallest absolute Gasteiger partial charge is 0.424 e. The average Bonchev–Trinajstić information content (AvgIpc) is 2.81. The van der Waals surface area contributed by atoms with Crippen LogP contribution < -0.4 is 0 Å². The molecule has 4 heteroatoms. The zero-order valence-corrected chi connectivity index (χ0v) is 17.1. The third-order valence-corrected chi connectivity index (χ3v) is 5.64. The molecule has 0 bridgehead atoms. The molecule has 1 aliphatic rings. The van der Waals surface area contributed by atoms with Gasteiger partial charge in [-0.25, -0.2) is 4.79 Å². The highest BCUT2D eigenvalue weighted by molar-refractivity contribution is 5.63. The molecule has 0 amide bonds. The molecule has 1 fully saturated rings. The molecule has 4 unspecified atom stereocenters. The molecule has 0 aromatic rings. The Hall–Kier alpha value is -0.770. The maximum Gasteiger partial charge on any atom is 0.509 e. The van der Waals surface area contributed by atoms with Gasteiger partial charge < -0.3 is 14.6 Å². The fourth-order valence-corrected chi connectivity index (χ4v) is 3.74. The van der Waals surface area contributed by atoms with E-state index in [1.54, 1.807) is 0 Å². The van der Waals surface area contributed by atoms with Gasteiger partial charge >= 0.3 is 6.16 Å². The summed E-state index contributed by atoms with van der Waals surface area (Å²) in [6, 6.07) is 0. The van der Waals surface area contributed by atoms with E-state index in [1.807, 2.05) is 6.92 Å². The molecule has 1 heterocycles. The monoisotopic (exact) mass is 356 g/mol. The standard InChI is InChI=1S/C21H40O4/c1-16(2)9-6-10-17(3)11-7-12-18(4)13-8-14-21(5)19(15-22)24-20(23)25-21/h16-19,22H,6-15H2,1-5H3. The first-order valence-corrected chi connectivity index (χ1v) is 10.3. The Bertz CT molecular complexity index is 382. The lowest BCUT2D eigenvalue weighted by Gasteiger charge is -2.25. The Labute approximate surface area is 154 Å². The molecule has 0 radical (unpaired) electrons. The van der Waals surface area contributed by atoms with Crippen LogP contribution in [0.5, 0.6) is 0 Å². The van der Waals surface area contributed by atoms with Crippen LogP contribution in [0, 0.1) is 17.8 Å². The molecule has 4 atom stereocenters. The largest absolute Gasteiger partial charge is 0.509 e. The molecule has 1 aliphatic heterocycles. The number of carbonyl (C=O) groups is 1. The first-order valence-electron chi connectivity index (χ1n) is 10.3. The molecular weight excluding hydrogens is 316 g/mol. The molecule has 0 aromatic carbocycles. The van der Waals surface area contributed by atoms with Crippen molar-refractivity contribution in [3.63, 3.8) is 0 Å². The minimum atomic E-state index is -0.670. The van der Waals surface area contributed by atoms with E-state index in [1.165, 1.54) is 38.5 Å². The average molecular weight is 357 g/mol. The fraction of sp³-hybridized carbons (Fsp3) is 0.952. The second-order valence-corrected chi connectivity index (χ2v) is 8.81. The Balaban J connectivity index is 2.12. The van der Waals surface area contributed by atoms with Crippen molar-refractivity contribution in [2.24, 2.45) is 17.8 Å². The summed E-state index contributed by atoms with van der Waals surface area (Å²) in [5, 5.41) is 9.33. The van der Waals surface area contributed by atoms with Crippen LogP contribution in [0.4, 0.5) is 4.79 Å². The molecule has 4 nitrogen and oxygen atoms in total. The van der Waals surface area contributed by atoms with E-state index < -0.39 is 17.9 Å². The molecule has 1 saturated heterocycles. The minimum absolute atomic E-state index is 0.174. The molecule has 148 valence electrons. The van der Waals surface area contributed by atoms with E-state index in [9.17, 15) is 9.90 Å². The number of cyclic esters (lactones) is 2. The van der Waals surface area contributed by atoms with Gasteiger partial charge in [0, 0.05) is 0 Å². The van der Waals surface area contributed by atoms with Gasteiger partial charge in [0.1, 0.15) is 0 Å². The van der Waals surface area contributed by atoms with Crippen molar-refractivity contribution in [1.82, 2.24) is 0 Å². The van der Waals surface area contributed by atoms with Crippen molar-refractivity contribution < 1.29 is 19.4 Å². The summed E-state index contributed by atoms with van der Waals surface area (Å²) in [5.41, 5.74) is -0.670. The van der Waals surface area contributed by atoms with Gasteiger partial charge in [-0.3, -0.25) is 0 Å². The molecule has 0 aromatic heterocycles. The van der Waals surface area contributed by atoms with Crippen molar-refractivity contribution in [2.75, 3.05) is 6.61 Å². The van der Waals surface area contributed by atoms with E-state index in [0.29, 0.717) is 5.92 Å². The lowest BCUT2D eigenvalue weighted by Crippen LogP contribution is -2.39. The van der Waals surface area contributed by atoms with Gasteiger partial charge in [0.05, 0.1) is 6.61 Å². The summed E-state index contributed by atoms with van der Waals surface area (Å²) in [6.45, 7) is 11.0. The lowest BCUT2D eigenvalue weighted by atomic mass is 9.88. The maximum absolute atomic E-state index is 11.3. The Morgan fingerprint density at radius 2 is 1.48 bits per heavy atom. The van der Waals surface area contributed by atoms with Crippen LogP contribution in [0.2, 0.25) is 0 Å². The number of carbonyl (C=O) groups excluding carboxylic acids is 1. The van der Waals surface area contributed by atoms with E-state index in [0.717, 1.165) is 31.1 Å². The predicted molar refractivity (Wildman–Crippen MR) is 102 cm³/mol. The highest BCUT2D eigenvalue weighted by atomic mass is 16.8. The van der Waals surface area contributed by atoms with Crippen LogP contribution in [0.25, 0.3) is 0 Å². The number of hydrogen-bond acceptors (Lipinski definition) is 4. The third-order valence-electron chi connectivity index (χ3n) is 5.64. The maximum atomic E-state index is 11.3. The van der Waals surface area contributed by atoms with Crippen LogP contribution >= 0.6 is 0 Å². The van der Waals surface area contributed by atoms with E-state index in [-0.39, 0.29) is 6.61 Å². The van der Waals surface area contributed by atoms with Crippen LogP contribution in [0.15, 0.2) is 0 Å². The number of hydrogen-bond donors (Lipinski definition) is 1. The second-order valence-electron chi connectivity index (χ2n) is 8.81. The van der Waals surface area contributed by atoms with Crippen molar-refractivity contribution in [1.29, 1.82) is 0 Å². The summed E-state index contributed by atoms with van der Waals surface area (Å²) < 4.78 is 10.3. The number of aliphatic hydroxyl groups is 1. The predicted octanol–water partition coefficient (Wildman–Crippen LogP) is 5.71. The second kappa shape index (κ2) is 11.1. The summed E-state index contributed by atoms with van der Waals surface area (Å²) in [6.07, 6.45) is 9.67. The zero-order chi connectivity index (χ0) is 18.9. The molecule has 1 rings (SSSR count). The highest BCUT2D eigenvalue weighted by Gasteiger charge is 2.46. The Morgan fingerprint density at radius 3 is 2.00 bits per heavy atom. The fourth-order valence-electron chi connectivity index (χ4n) is 3.74. The first kappa shape index (κ1) is 22.3. The molecule has 25 heavy (non-hydrogen) atoms. The van der Waals surface area contributed by atoms with Gasteiger partial charge in [0.2, 0.25) is 0 Å². The van der Waals surface area contributed by atoms with Crippen LogP contribution in [0.3, 0.4) is 0 Å². The summed E-state index contributed by atoms with van der Waals surface area (Å²) in [4.78, 5) is 11.3. The van der Waals surface area contributed by atoms with Gasteiger partial charge in [-0.2, -0.15) is 0 Å². The van der Waals surface area contributed by atoms with Crippen LogP contribution in [-0.4, -0.2) is 29.6 Å². The van der Waals surface area contributed by atoms with Gasteiger partial charge in [0.15, 0.2) is 11.7 Å². The third kappa shape index (κ3) is 8.44. The molecule has 0 aliphatic carbocycles. The normalized spacial score (nSPS) is 25.7. The van der Waals surface area contributed by atoms with E-state index >= 15 is 0 Å². The van der Waals surface area contributed by atoms with Crippen molar-refractivity contribution >= 4 is 6.16 Å². The van der Waals surface area contributed by atoms with Crippen LogP contribution in [0.1, 0.15) is 92.4 Å². The van der Waals surface area contributed by atoms with Gasteiger partial charge in [-0.05, 0) is 37.5 Å². The molecular formula is C21H40O4. The highest BCUT2D eigenvalue weighted by Crippen LogP contribution is 2.32. The number of aliphatic hydroxyl groups excluding tert-OH is 1. The molecule has 0 saturated carbocycles. The summed E-state index contributed by atoms with van der Waals surface area (Å²) in [7, 11) is 0. The van der Waals surface area contributed by atoms with Gasteiger partial charge in [0.25, 0.3) is 0 Å². The van der Waals surface area contributed by atoms with Crippen LogP contribution in [-0.2, 0) is 9.47 Å². The Morgan fingerprint density at radius 1 is 0.960 bits per heavy atom. The molecule has 1 N–H and O–H groups in total. The summed E-state index contributed by atoms with van der Waals surface area (Å²) in [5.74, 6) is 2.35. The van der Waals surface area contributed by atoms with Crippen molar-refractivity contribution in [3.8, 4) is 0 Å². The topological polar surface area (TPSA) is 55.8 Å². The number of rotatable bonds is 13. The first-order chi connectivity index (χ1) is 11.8. The summed E-state index contributed by atoms with van der Waals surface area (Å²) >= 11 is 0. The van der Waals surface area contributed by atoms with Crippen molar-refractivity contribution in [3.05, 3.63) is 0 Å². The lowest BCUT2D eigenvalue weighted by molar-refractivity contribution is 0.00870. The minimum Gasteiger partial charge on any atom is -0.424 e. The SMILES string of the molecule is CC(C)CCCC(C)CCCC(C)CCCC1(C)OC(=O)OC1CO. The van der Waals surface area contributed by atoms with E-state index in [4.69, 9.17) is 9.47 Å². The zero-order valence-electron chi connectivity index (χ0n) is 17.1. The Kier molecular flexibility index (Phi) is 9.84. The van der Waals surface area contributed by atoms with Crippen molar-refractivity contribution in [2.45, 2.75) is 104 Å². The number of ether oxygens (including phenoxy) is 2. The quantitative estimate of drug-likeness (QED) is 0.429.